The molecule has 0 spiro atoms. The van der Waals surface area contributed by atoms with E-state index in [1.54, 1.807) is 19.1 Å². The number of nitrogens with zero attached hydrogens (tertiary/aromatic N) is 1. The summed E-state index contributed by atoms with van der Waals surface area (Å²) in [6, 6.07) is 17.5. The Kier molecular flexibility index (Phi) is 5.97. The molecule has 0 radical (unpaired) electrons. The number of aliphatic hydroxyl groups is 1. The largest absolute Gasteiger partial charge is 0.387 e. The van der Waals surface area contributed by atoms with Crippen LogP contribution in [0.4, 0.5) is 0 Å². The molecule has 1 amide bonds. The quantitative estimate of drug-likeness (QED) is 0.844. The van der Waals surface area contributed by atoms with Gasteiger partial charge in [0.05, 0.1) is 11.6 Å². The third-order valence-corrected chi connectivity index (χ3v) is 5.39. The molecule has 4 nitrogen and oxygen atoms in total. The molecule has 1 heterocycles. The molecular formula is C21H25ClN2O2. The van der Waals surface area contributed by atoms with E-state index in [1.807, 2.05) is 30.3 Å². The molecule has 138 valence electrons. The lowest BCUT2D eigenvalue weighted by molar-refractivity contribution is -0.121. The molecule has 0 saturated carbocycles. The van der Waals surface area contributed by atoms with E-state index in [-0.39, 0.29) is 11.4 Å². The number of benzene rings is 2. The van der Waals surface area contributed by atoms with E-state index in [0.717, 1.165) is 37.1 Å². The molecule has 0 aliphatic carbocycles. The van der Waals surface area contributed by atoms with Crippen molar-refractivity contribution in [3.8, 4) is 0 Å². The van der Waals surface area contributed by atoms with Crippen LogP contribution in [-0.2, 0) is 10.3 Å². The van der Waals surface area contributed by atoms with Crippen molar-refractivity contribution >= 4 is 17.5 Å². The van der Waals surface area contributed by atoms with Gasteiger partial charge in [-0.3, -0.25) is 4.79 Å². The fourth-order valence-corrected chi connectivity index (χ4v) is 3.86. The Hall–Kier alpha value is -1.88. The Balaban J connectivity index is 1.66. The van der Waals surface area contributed by atoms with E-state index < -0.39 is 6.10 Å². The van der Waals surface area contributed by atoms with Gasteiger partial charge in [-0.15, -0.1) is 0 Å². The van der Waals surface area contributed by atoms with Crippen LogP contribution < -0.4 is 5.32 Å². The summed E-state index contributed by atoms with van der Waals surface area (Å²) in [5.74, 6) is -0.0106. The fraction of sp³-hybridized carbons (Fsp3) is 0.381. The first-order valence-electron chi connectivity index (χ1n) is 8.99. The van der Waals surface area contributed by atoms with Crippen molar-refractivity contribution < 1.29 is 9.90 Å². The molecule has 2 N–H and O–H groups in total. The molecule has 26 heavy (non-hydrogen) atoms. The number of β-amino-alcohol motifs (C(OH)–C–C–N with tert-alkyl or cyclic N) is 1. The molecular weight excluding hydrogens is 348 g/mol. The van der Waals surface area contributed by atoms with Gasteiger partial charge in [-0.1, -0.05) is 54.1 Å². The molecule has 1 saturated heterocycles. The van der Waals surface area contributed by atoms with Crippen LogP contribution >= 0.6 is 11.6 Å². The number of aliphatic hydroxyl groups excluding tert-OH is 1. The second-order valence-corrected chi connectivity index (χ2v) is 7.43. The first-order valence-corrected chi connectivity index (χ1v) is 9.36. The summed E-state index contributed by atoms with van der Waals surface area (Å²) in [7, 11) is 0. The van der Waals surface area contributed by atoms with Gasteiger partial charge in [0.2, 0.25) is 5.91 Å². The molecule has 5 heteroatoms. The summed E-state index contributed by atoms with van der Waals surface area (Å²) in [6.07, 6.45) is 1.10. The van der Waals surface area contributed by atoms with Crippen molar-refractivity contribution in [3.63, 3.8) is 0 Å². The first-order chi connectivity index (χ1) is 12.5. The number of halogens is 1. The number of amides is 1. The van der Waals surface area contributed by atoms with Crippen LogP contribution in [0.2, 0.25) is 5.02 Å². The van der Waals surface area contributed by atoms with Gasteiger partial charge in [-0.2, -0.15) is 0 Å². The Morgan fingerprint density at radius 1 is 1.15 bits per heavy atom. The second-order valence-electron chi connectivity index (χ2n) is 7.00. The zero-order valence-corrected chi connectivity index (χ0v) is 15.7. The number of rotatable bonds is 5. The zero-order valence-electron chi connectivity index (χ0n) is 15.0. The monoisotopic (exact) mass is 372 g/mol. The highest BCUT2D eigenvalue weighted by Gasteiger charge is 2.37. The fourth-order valence-electron chi connectivity index (χ4n) is 3.73. The van der Waals surface area contributed by atoms with E-state index >= 15 is 0 Å². The van der Waals surface area contributed by atoms with Gasteiger partial charge in [-0.25, -0.2) is 0 Å². The predicted octanol–water partition coefficient (Wildman–Crippen LogP) is 3.50. The van der Waals surface area contributed by atoms with E-state index in [1.165, 1.54) is 0 Å². The minimum atomic E-state index is -0.544. The number of carbonyl (C=O) groups is 1. The van der Waals surface area contributed by atoms with Gasteiger partial charge in [0.15, 0.2) is 0 Å². The van der Waals surface area contributed by atoms with Crippen molar-refractivity contribution in [2.24, 2.45) is 0 Å². The third kappa shape index (κ3) is 4.44. The molecule has 1 aliphatic heterocycles. The van der Waals surface area contributed by atoms with Crippen molar-refractivity contribution in [3.05, 3.63) is 70.7 Å². The van der Waals surface area contributed by atoms with E-state index in [9.17, 15) is 9.90 Å². The van der Waals surface area contributed by atoms with E-state index in [2.05, 4.69) is 22.3 Å². The zero-order chi connectivity index (χ0) is 18.6. The molecule has 1 fully saturated rings. The summed E-state index contributed by atoms with van der Waals surface area (Å²) in [6.45, 7) is 3.79. The highest BCUT2D eigenvalue weighted by atomic mass is 35.5. The summed E-state index contributed by atoms with van der Waals surface area (Å²) in [5.41, 5.74) is 1.69. The minimum absolute atomic E-state index is 0.0106. The average Bonchev–Trinajstić information content (AvgIpc) is 2.64. The van der Waals surface area contributed by atoms with Crippen LogP contribution in [0, 0.1) is 0 Å². The maximum Gasteiger partial charge on any atom is 0.217 e. The highest BCUT2D eigenvalue weighted by molar-refractivity contribution is 6.30. The normalized spacial score (nSPS) is 18.3. The summed E-state index contributed by atoms with van der Waals surface area (Å²) >= 11 is 5.91. The lowest BCUT2D eigenvalue weighted by atomic mass is 9.80. The van der Waals surface area contributed by atoms with Gasteiger partial charge in [0.25, 0.3) is 0 Å². The summed E-state index contributed by atoms with van der Waals surface area (Å²) in [5, 5.41) is 14.4. The number of carbonyl (C=O) groups excluding carboxylic acids is 1. The van der Waals surface area contributed by atoms with Crippen molar-refractivity contribution in [2.45, 2.75) is 31.4 Å². The Morgan fingerprint density at radius 2 is 1.77 bits per heavy atom. The molecule has 0 unspecified atom stereocenters. The Bertz CT molecular complexity index is 725. The van der Waals surface area contributed by atoms with Crippen LogP contribution in [0.3, 0.4) is 0 Å². The van der Waals surface area contributed by atoms with Crippen molar-refractivity contribution in [2.75, 3.05) is 19.6 Å². The standard InChI is InChI=1S/C21H25ClN2O2/c1-16(25)23-21(18-5-3-2-4-6-18)11-13-24(14-12-21)15-20(26)17-7-9-19(22)10-8-17/h2-10,20,26H,11-15H2,1H3,(H,23,25)/t20-/m0/s1. The van der Waals surface area contributed by atoms with Crippen LogP contribution in [-0.4, -0.2) is 35.5 Å². The number of hydrogen-bond acceptors (Lipinski definition) is 3. The molecule has 0 bridgehead atoms. The number of piperidine rings is 1. The number of nitrogens with one attached hydrogen (secondary N) is 1. The lowest BCUT2D eigenvalue weighted by Crippen LogP contribution is -2.53. The number of hydrogen-bond donors (Lipinski definition) is 2. The summed E-state index contributed by atoms with van der Waals surface area (Å²) in [4.78, 5) is 14.0. The minimum Gasteiger partial charge on any atom is -0.387 e. The van der Waals surface area contributed by atoms with Gasteiger partial charge in [0.1, 0.15) is 0 Å². The lowest BCUT2D eigenvalue weighted by Gasteiger charge is -2.43. The molecule has 1 atom stereocenters. The maximum atomic E-state index is 11.8. The van der Waals surface area contributed by atoms with Gasteiger partial charge < -0.3 is 15.3 Å². The third-order valence-electron chi connectivity index (χ3n) is 5.14. The smallest absolute Gasteiger partial charge is 0.217 e. The average molecular weight is 373 g/mol. The molecule has 3 rings (SSSR count). The highest BCUT2D eigenvalue weighted by Crippen LogP contribution is 2.33. The van der Waals surface area contributed by atoms with Crippen LogP contribution in [0.15, 0.2) is 54.6 Å². The first kappa shape index (κ1) is 18.9. The molecule has 2 aromatic rings. The maximum absolute atomic E-state index is 11.8. The van der Waals surface area contributed by atoms with E-state index in [4.69, 9.17) is 11.6 Å². The van der Waals surface area contributed by atoms with Crippen LogP contribution in [0.1, 0.15) is 37.0 Å². The molecule has 2 aromatic carbocycles. The Labute approximate surface area is 159 Å². The SMILES string of the molecule is CC(=O)NC1(c2ccccc2)CCN(C[C@H](O)c2ccc(Cl)cc2)CC1. The molecule has 0 aromatic heterocycles. The van der Waals surface area contributed by atoms with Crippen molar-refractivity contribution in [1.82, 2.24) is 10.2 Å². The van der Waals surface area contributed by atoms with Gasteiger partial charge >= 0.3 is 0 Å². The Morgan fingerprint density at radius 3 is 2.35 bits per heavy atom. The summed E-state index contributed by atoms with van der Waals surface area (Å²) < 4.78 is 0. The molecule has 1 aliphatic rings. The van der Waals surface area contributed by atoms with Crippen LogP contribution in [0.25, 0.3) is 0 Å². The topological polar surface area (TPSA) is 52.6 Å². The van der Waals surface area contributed by atoms with Crippen LogP contribution in [0.5, 0.6) is 0 Å². The predicted molar refractivity (Wildman–Crippen MR) is 104 cm³/mol. The second kappa shape index (κ2) is 8.21. The van der Waals surface area contributed by atoms with Gasteiger partial charge in [0, 0.05) is 31.6 Å². The van der Waals surface area contributed by atoms with Gasteiger partial charge in [-0.05, 0) is 36.1 Å². The van der Waals surface area contributed by atoms with Crippen molar-refractivity contribution in [1.29, 1.82) is 0 Å². The number of likely N-dealkylation sites (tertiary alicyclic amines) is 1. The van der Waals surface area contributed by atoms with E-state index in [0.29, 0.717) is 11.6 Å².